The minimum atomic E-state index is -1.04. The second-order valence-corrected chi connectivity index (χ2v) is 6.42. The number of aromatic nitrogens is 1. The van der Waals surface area contributed by atoms with Crippen LogP contribution in [0.3, 0.4) is 0 Å². The van der Waals surface area contributed by atoms with Crippen LogP contribution in [0.5, 0.6) is 0 Å². The third-order valence-electron chi connectivity index (χ3n) is 4.17. The van der Waals surface area contributed by atoms with Crippen molar-refractivity contribution in [2.75, 3.05) is 5.32 Å². The molecule has 152 valence electrons. The van der Waals surface area contributed by atoms with Crippen molar-refractivity contribution in [3.8, 4) is 0 Å². The maximum Gasteiger partial charge on any atom is 0.305 e. The van der Waals surface area contributed by atoms with E-state index < -0.39 is 18.1 Å². The van der Waals surface area contributed by atoms with E-state index in [1.54, 1.807) is 42.6 Å². The Morgan fingerprint density at radius 1 is 1.28 bits per heavy atom. The van der Waals surface area contributed by atoms with E-state index in [-0.39, 0.29) is 31.0 Å². The van der Waals surface area contributed by atoms with Crippen molar-refractivity contribution < 1.29 is 19.5 Å². The molecule has 6 N–H and O–H groups in total. The number of nitrogens with two attached hydrogens (primary N) is 1. The summed E-state index contributed by atoms with van der Waals surface area (Å²) in [7, 11) is 0. The molecule has 0 spiro atoms. The van der Waals surface area contributed by atoms with Gasteiger partial charge in [-0.1, -0.05) is 18.2 Å². The second kappa shape index (κ2) is 10.5. The predicted octanol–water partition coefficient (Wildman–Crippen LogP) is 1.46. The molecule has 0 bridgehead atoms. The number of pyridine rings is 1. The molecule has 1 aromatic carbocycles. The van der Waals surface area contributed by atoms with Crippen molar-refractivity contribution in [3.63, 3.8) is 0 Å². The maximum absolute atomic E-state index is 12.3. The zero-order valence-electron chi connectivity index (χ0n) is 15.7. The van der Waals surface area contributed by atoms with Crippen LogP contribution in [0.4, 0.5) is 5.69 Å². The molecule has 9 nitrogen and oxygen atoms in total. The Morgan fingerprint density at radius 2 is 2.07 bits per heavy atom. The lowest BCUT2D eigenvalue weighted by Crippen LogP contribution is -2.32. The highest BCUT2D eigenvalue weighted by Crippen LogP contribution is 2.17. The molecule has 2 aromatic rings. The molecule has 0 saturated heterocycles. The molecule has 0 fully saturated rings. The first-order valence-electron chi connectivity index (χ1n) is 8.96. The van der Waals surface area contributed by atoms with Crippen LogP contribution in [0.25, 0.3) is 0 Å². The lowest BCUT2D eigenvalue weighted by atomic mass is 10.0. The van der Waals surface area contributed by atoms with Gasteiger partial charge in [0.2, 0.25) is 5.91 Å². The van der Waals surface area contributed by atoms with Crippen molar-refractivity contribution in [2.24, 2.45) is 5.73 Å². The molecule has 2 rings (SSSR count). The first kappa shape index (κ1) is 21.5. The first-order chi connectivity index (χ1) is 13.9. The van der Waals surface area contributed by atoms with E-state index in [1.807, 2.05) is 0 Å². The number of aliphatic carboxylic acids is 1. The van der Waals surface area contributed by atoms with Gasteiger partial charge in [-0.25, -0.2) is 0 Å². The number of aldehydes is 1. The highest BCUT2D eigenvalue weighted by Gasteiger charge is 2.19. The van der Waals surface area contributed by atoms with Gasteiger partial charge in [0.1, 0.15) is 12.1 Å². The molecule has 29 heavy (non-hydrogen) atoms. The summed E-state index contributed by atoms with van der Waals surface area (Å²) in [6.45, 7) is 0. The Bertz CT molecular complexity index is 872. The number of amidine groups is 1. The van der Waals surface area contributed by atoms with Gasteiger partial charge in [0, 0.05) is 30.1 Å². The molecule has 2 unspecified atom stereocenters. The minimum Gasteiger partial charge on any atom is -0.481 e. The molecule has 1 aromatic heterocycles. The average Bonchev–Trinajstić information content (AvgIpc) is 2.71. The van der Waals surface area contributed by atoms with Crippen molar-refractivity contribution >= 4 is 29.7 Å². The SMILES string of the molecule is N=C(N)c1cccc(NC(C=O)CCC(=O)NC(CC(=O)O)c2cccnc2)c1. The fourth-order valence-corrected chi connectivity index (χ4v) is 2.73. The number of nitrogens with one attached hydrogen (secondary N) is 3. The maximum atomic E-state index is 12.3. The zero-order chi connectivity index (χ0) is 21.2. The number of carboxylic acids is 1. The molecule has 1 amide bonds. The molecule has 0 aliphatic heterocycles. The monoisotopic (exact) mass is 397 g/mol. The molecule has 0 saturated carbocycles. The van der Waals surface area contributed by atoms with Gasteiger partial charge in [-0.05, 0) is 30.2 Å². The summed E-state index contributed by atoms with van der Waals surface area (Å²) in [6, 6.07) is 8.79. The van der Waals surface area contributed by atoms with Gasteiger partial charge in [-0.15, -0.1) is 0 Å². The van der Waals surface area contributed by atoms with Gasteiger partial charge in [0.15, 0.2) is 0 Å². The van der Waals surface area contributed by atoms with Crippen LogP contribution in [0.15, 0.2) is 48.8 Å². The third kappa shape index (κ3) is 7.06. The van der Waals surface area contributed by atoms with Crippen LogP contribution < -0.4 is 16.4 Å². The molecule has 0 aliphatic carbocycles. The van der Waals surface area contributed by atoms with Gasteiger partial charge in [0.25, 0.3) is 0 Å². The number of hydrogen-bond donors (Lipinski definition) is 5. The summed E-state index contributed by atoms with van der Waals surface area (Å²) in [4.78, 5) is 38.7. The van der Waals surface area contributed by atoms with Crippen LogP contribution in [-0.2, 0) is 14.4 Å². The number of nitrogen functional groups attached to an aromatic ring is 1. The summed E-state index contributed by atoms with van der Waals surface area (Å²) >= 11 is 0. The topological polar surface area (TPSA) is 158 Å². The molecular weight excluding hydrogens is 374 g/mol. The number of benzene rings is 1. The van der Waals surface area contributed by atoms with Crippen molar-refractivity contribution in [2.45, 2.75) is 31.3 Å². The average molecular weight is 397 g/mol. The highest BCUT2D eigenvalue weighted by atomic mass is 16.4. The Morgan fingerprint density at radius 3 is 2.69 bits per heavy atom. The fourth-order valence-electron chi connectivity index (χ4n) is 2.73. The van der Waals surface area contributed by atoms with Crippen LogP contribution in [0.1, 0.15) is 36.4 Å². The van der Waals surface area contributed by atoms with Gasteiger partial charge in [-0.2, -0.15) is 0 Å². The summed E-state index contributed by atoms with van der Waals surface area (Å²) in [5.74, 6) is -1.50. The van der Waals surface area contributed by atoms with Crippen LogP contribution in [0.2, 0.25) is 0 Å². The number of carbonyl (C=O) groups excluding carboxylic acids is 2. The molecule has 0 radical (unpaired) electrons. The molecule has 9 heteroatoms. The van der Waals surface area contributed by atoms with E-state index in [0.29, 0.717) is 23.1 Å². The highest BCUT2D eigenvalue weighted by molar-refractivity contribution is 5.95. The van der Waals surface area contributed by atoms with E-state index in [2.05, 4.69) is 15.6 Å². The second-order valence-electron chi connectivity index (χ2n) is 6.42. The Balaban J connectivity index is 1.94. The minimum absolute atomic E-state index is 0.0270. The number of rotatable bonds is 11. The van der Waals surface area contributed by atoms with E-state index in [9.17, 15) is 14.4 Å². The van der Waals surface area contributed by atoms with Crippen molar-refractivity contribution in [1.82, 2.24) is 10.3 Å². The fraction of sp³-hybridized carbons (Fsp3) is 0.250. The first-order valence-corrected chi connectivity index (χ1v) is 8.96. The smallest absolute Gasteiger partial charge is 0.305 e. The van der Waals surface area contributed by atoms with E-state index in [1.165, 1.54) is 6.20 Å². The summed E-state index contributed by atoms with van der Waals surface area (Å²) in [5.41, 5.74) is 7.18. The number of nitrogens with zero attached hydrogens (tertiary/aromatic N) is 1. The number of carboxylic acid groups (broad SMARTS) is 1. The number of anilines is 1. The van der Waals surface area contributed by atoms with E-state index >= 15 is 0 Å². The lowest BCUT2D eigenvalue weighted by Gasteiger charge is -2.18. The van der Waals surface area contributed by atoms with E-state index in [0.717, 1.165) is 0 Å². The third-order valence-corrected chi connectivity index (χ3v) is 4.17. The normalized spacial score (nSPS) is 12.4. The summed E-state index contributed by atoms with van der Waals surface area (Å²) in [5, 5.41) is 22.2. The standard InChI is InChI=1S/C20H23N5O4/c21-20(22)13-3-1-5-15(9-13)24-16(12-26)6-7-18(27)25-17(10-19(28)29)14-4-2-8-23-11-14/h1-5,8-9,11-12,16-17,24H,6-7,10H2,(H3,21,22)(H,25,27)(H,28,29). The molecule has 2 atom stereocenters. The number of hydrogen-bond acceptors (Lipinski definition) is 6. The summed E-state index contributed by atoms with van der Waals surface area (Å²) < 4.78 is 0. The quantitative estimate of drug-likeness (QED) is 0.218. The van der Waals surface area contributed by atoms with Crippen molar-refractivity contribution in [3.05, 3.63) is 59.9 Å². The Hall–Kier alpha value is -3.75. The van der Waals surface area contributed by atoms with Gasteiger partial charge in [0.05, 0.1) is 18.5 Å². The van der Waals surface area contributed by atoms with Gasteiger partial charge in [-0.3, -0.25) is 20.0 Å². The molecule has 0 aliphatic rings. The van der Waals surface area contributed by atoms with Gasteiger partial charge >= 0.3 is 5.97 Å². The molecular formula is C20H23N5O4. The van der Waals surface area contributed by atoms with Crippen molar-refractivity contribution in [1.29, 1.82) is 5.41 Å². The largest absolute Gasteiger partial charge is 0.481 e. The predicted molar refractivity (Wildman–Crippen MR) is 108 cm³/mol. The number of carbonyl (C=O) groups is 3. The zero-order valence-corrected chi connectivity index (χ0v) is 15.7. The van der Waals surface area contributed by atoms with Crippen LogP contribution >= 0.6 is 0 Å². The molecule has 1 heterocycles. The van der Waals surface area contributed by atoms with E-state index in [4.69, 9.17) is 16.2 Å². The van der Waals surface area contributed by atoms with Gasteiger partial charge < -0.3 is 26.3 Å². The van der Waals surface area contributed by atoms with Crippen LogP contribution in [-0.4, -0.2) is 40.1 Å². The van der Waals surface area contributed by atoms with Crippen LogP contribution in [0, 0.1) is 5.41 Å². The Labute approximate surface area is 167 Å². The Kier molecular flexibility index (Phi) is 7.84. The lowest BCUT2D eigenvalue weighted by molar-refractivity contribution is -0.137. The summed E-state index contributed by atoms with van der Waals surface area (Å²) in [6.07, 6.45) is 3.73. The number of amides is 1.